The van der Waals surface area contributed by atoms with Crippen LogP contribution in [0.25, 0.3) is 0 Å². The Labute approximate surface area is 96.0 Å². The third-order valence-electron chi connectivity index (χ3n) is 2.11. The number of rotatable bonds is 3. The Bertz CT molecular complexity index is 561. The third-order valence-corrected chi connectivity index (χ3v) is 2.11. The molecular formula is C10H9N5O2. The minimum atomic E-state index is -0.239. The molecular weight excluding hydrogens is 222 g/mol. The highest BCUT2D eigenvalue weighted by Gasteiger charge is 2.13. The lowest BCUT2D eigenvalue weighted by molar-refractivity contribution is 0.103. The predicted octanol–water partition coefficient (Wildman–Crippen LogP) is 0.130. The van der Waals surface area contributed by atoms with Crippen molar-refractivity contribution in [3.05, 3.63) is 47.8 Å². The van der Waals surface area contributed by atoms with Crippen LogP contribution in [0.4, 0.5) is 0 Å². The first-order valence-corrected chi connectivity index (χ1v) is 4.70. The van der Waals surface area contributed by atoms with E-state index >= 15 is 0 Å². The van der Waals surface area contributed by atoms with Crippen LogP contribution in [-0.4, -0.2) is 31.8 Å². The summed E-state index contributed by atoms with van der Waals surface area (Å²) in [4.78, 5) is 22.2. The van der Waals surface area contributed by atoms with Crippen molar-refractivity contribution in [3.8, 4) is 0 Å². The molecule has 0 saturated heterocycles. The van der Waals surface area contributed by atoms with Gasteiger partial charge in [-0.1, -0.05) is 5.16 Å². The molecule has 0 aliphatic carbocycles. The molecule has 2 aromatic heterocycles. The van der Waals surface area contributed by atoms with Gasteiger partial charge in [0.1, 0.15) is 5.69 Å². The molecule has 0 aliphatic rings. The van der Waals surface area contributed by atoms with Crippen LogP contribution in [-0.2, 0) is 0 Å². The number of oxime groups is 1. The van der Waals surface area contributed by atoms with Crippen LogP contribution in [0.5, 0.6) is 0 Å². The van der Waals surface area contributed by atoms with Crippen molar-refractivity contribution >= 4 is 11.6 Å². The summed E-state index contributed by atoms with van der Waals surface area (Å²) in [5.41, 5.74) is 6.07. The van der Waals surface area contributed by atoms with E-state index in [2.05, 4.69) is 20.1 Å². The number of nitrogens with zero attached hydrogens (tertiary/aromatic N) is 3. The normalized spacial score (nSPS) is 11.4. The standard InChI is InChI=1S/C10H9N5O2/c11-9(15-17)10-13-5-7(14-10)8(16)6-1-3-12-4-2-6/h1-5,17H,(H2,11,15)(H,13,14). The Balaban J connectivity index is 2.30. The topological polar surface area (TPSA) is 117 Å². The Hall–Kier alpha value is -2.70. The van der Waals surface area contributed by atoms with Crippen molar-refractivity contribution in [1.29, 1.82) is 0 Å². The van der Waals surface area contributed by atoms with Crippen LogP contribution in [0.3, 0.4) is 0 Å². The highest BCUT2D eigenvalue weighted by atomic mass is 16.4. The zero-order valence-corrected chi connectivity index (χ0v) is 8.66. The van der Waals surface area contributed by atoms with Crippen LogP contribution >= 0.6 is 0 Å². The molecule has 86 valence electrons. The van der Waals surface area contributed by atoms with Gasteiger partial charge in [-0.25, -0.2) is 4.98 Å². The summed E-state index contributed by atoms with van der Waals surface area (Å²) in [5, 5.41) is 11.2. The smallest absolute Gasteiger partial charge is 0.210 e. The summed E-state index contributed by atoms with van der Waals surface area (Å²) in [6.45, 7) is 0. The summed E-state index contributed by atoms with van der Waals surface area (Å²) < 4.78 is 0. The zero-order chi connectivity index (χ0) is 12.3. The lowest BCUT2D eigenvalue weighted by Crippen LogP contribution is -2.15. The van der Waals surface area contributed by atoms with E-state index in [9.17, 15) is 4.79 Å². The highest BCUT2D eigenvalue weighted by molar-refractivity contribution is 6.08. The molecule has 4 N–H and O–H groups in total. The second-order valence-corrected chi connectivity index (χ2v) is 3.20. The zero-order valence-electron chi connectivity index (χ0n) is 8.66. The van der Waals surface area contributed by atoms with E-state index in [0.29, 0.717) is 5.56 Å². The van der Waals surface area contributed by atoms with Crippen molar-refractivity contribution in [3.63, 3.8) is 0 Å². The van der Waals surface area contributed by atoms with Gasteiger partial charge in [0, 0.05) is 18.0 Å². The second kappa shape index (κ2) is 4.44. The number of amidine groups is 1. The van der Waals surface area contributed by atoms with Gasteiger partial charge in [0.15, 0.2) is 5.82 Å². The molecule has 0 bridgehead atoms. The number of imidazole rings is 1. The van der Waals surface area contributed by atoms with Gasteiger partial charge in [-0.05, 0) is 12.1 Å². The number of aromatic amines is 1. The predicted molar refractivity (Wildman–Crippen MR) is 58.8 cm³/mol. The fraction of sp³-hybridized carbons (Fsp3) is 0. The number of hydrogen-bond acceptors (Lipinski definition) is 5. The molecule has 2 heterocycles. The first-order valence-electron chi connectivity index (χ1n) is 4.70. The maximum atomic E-state index is 11.9. The molecule has 0 saturated carbocycles. The maximum Gasteiger partial charge on any atom is 0.210 e. The number of carbonyl (C=O) groups excluding carboxylic acids is 1. The van der Waals surface area contributed by atoms with Gasteiger partial charge in [-0.3, -0.25) is 9.78 Å². The summed E-state index contributed by atoms with van der Waals surface area (Å²) in [5.74, 6) is -0.277. The van der Waals surface area contributed by atoms with E-state index in [1.165, 1.54) is 18.6 Å². The Morgan fingerprint density at radius 1 is 1.41 bits per heavy atom. The fourth-order valence-corrected chi connectivity index (χ4v) is 1.27. The highest BCUT2D eigenvalue weighted by Crippen LogP contribution is 2.06. The van der Waals surface area contributed by atoms with Crippen LogP contribution in [0, 0.1) is 0 Å². The van der Waals surface area contributed by atoms with Crippen molar-refractivity contribution in [2.45, 2.75) is 0 Å². The van der Waals surface area contributed by atoms with Gasteiger partial charge in [0.25, 0.3) is 0 Å². The molecule has 0 radical (unpaired) electrons. The quantitative estimate of drug-likeness (QED) is 0.228. The van der Waals surface area contributed by atoms with Crippen LogP contribution in [0.1, 0.15) is 21.9 Å². The SMILES string of the molecule is NC(=NO)c1ncc(C(=O)c2ccncc2)[nH]1. The molecule has 7 nitrogen and oxygen atoms in total. The second-order valence-electron chi connectivity index (χ2n) is 3.20. The molecule has 0 aromatic carbocycles. The van der Waals surface area contributed by atoms with Crippen LogP contribution in [0.2, 0.25) is 0 Å². The van der Waals surface area contributed by atoms with E-state index in [1.807, 2.05) is 0 Å². The first-order chi connectivity index (χ1) is 8.22. The number of ketones is 1. The third kappa shape index (κ3) is 2.12. The summed E-state index contributed by atoms with van der Waals surface area (Å²) in [6, 6.07) is 3.18. The Morgan fingerprint density at radius 2 is 2.12 bits per heavy atom. The number of hydrogen-bond donors (Lipinski definition) is 3. The monoisotopic (exact) mass is 231 g/mol. The lowest BCUT2D eigenvalue weighted by atomic mass is 10.1. The molecule has 0 amide bonds. The molecule has 2 aromatic rings. The van der Waals surface area contributed by atoms with E-state index in [1.54, 1.807) is 12.1 Å². The largest absolute Gasteiger partial charge is 0.409 e. The van der Waals surface area contributed by atoms with Crippen molar-refractivity contribution in [2.24, 2.45) is 10.9 Å². The van der Waals surface area contributed by atoms with Gasteiger partial charge in [-0.2, -0.15) is 0 Å². The van der Waals surface area contributed by atoms with E-state index in [-0.39, 0.29) is 23.1 Å². The van der Waals surface area contributed by atoms with Gasteiger partial charge in [0.2, 0.25) is 11.6 Å². The summed E-state index contributed by atoms with van der Waals surface area (Å²) in [6.07, 6.45) is 4.37. The molecule has 0 aliphatic heterocycles. The molecule has 2 rings (SSSR count). The van der Waals surface area contributed by atoms with Crippen molar-refractivity contribution in [1.82, 2.24) is 15.0 Å². The van der Waals surface area contributed by atoms with Crippen LogP contribution < -0.4 is 5.73 Å². The van der Waals surface area contributed by atoms with Crippen molar-refractivity contribution in [2.75, 3.05) is 0 Å². The number of H-pyrrole nitrogens is 1. The summed E-state index contributed by atoms with van der Waals surface area (Å²) >= 11 is 0. The maximum absolute atomic E-state index is 11.9. The Kier molecular flexibility index (Phi) is 2.82. The molecule has 7 heteroatoms. The van der Waals surface area contributed by atoms with Gasteiger partial charge in [-0.15, -0.1) is 0 Å². The van der Waals surface area contributed by atoms with Gasteiger partial charge < -0.3 is 15.9 Å². The average molecular weight is 231 g/mol. The molecule has 0 fully saturated rings. The number of carbonyl (C=O) groups is 1. The Morgan fingerprint density at radius 3 is 2.76 bits per heavy atom. The minimum absolute atomic E-state index is 0.143. The van der Waals surface area contributed by atoms with E-state index in [0.717, 1.165) is 0 Å². The van der Waals surface area contributed by atoms with E-state index < -0.39 is 0 Å². The van der Waals surface area contributed by atoms with E-state index in [4.69, 9.17) is 10.9 Å². The molecule has 0 atom stereocenters. The number of aromatic nitrogens is 3. The minimum Gasteiger partial charge on any atom is -0.409 e. The van der Waals surface area contributed by atoms with Crippen LogP contribution in [0.15, 0.2) is 35.9 Å². The fourth-order valence-electron chi connectivity index (χ4n) is 1.27. The molecule has 0 unspecified atom stereocenters. The van der Waals surface area contributed by atoms with Gasteiger partial charge >= 0.3 is 0 Å². The number of nitrogens with one attached hydrogen (secondary N) is 1. The molecule has 17 heavy (non-hydrogen) atoms. The van der Waals surface area contributed by atoms with Gasteiger partial charge in [0.05, 0.1) is 6.20 Å². The van der Waals surface area contributed by atoms with Crippen molar-refractivity contribution < 1.29 is 10.0 Å². The molecule has 0 spiro atoms. The number of pyridine rings is 1. The summed E-state index contributed by atoms with van der Waals surface area (Å²) in [7, 11) is 0. The average Bonchev–Trinajstić information content (AvgIpc) is 2.87. The number of nitrogens with two attached hydrogens (primary N) is 1. The lowest BCUT2D eigenvalue weighted by Gasteiger charge is -1.96. The first kappa shape index (κ1) is 10.8.